The Morgan fingerprint density at radius 2 is 1.48 bits per heavy atom. The van der Waals surface area contributed by atoms with Crippen LogP contribution in [0.25, 0.3) is 0 Å². The number of nitriles is 1. The fourth-order valence-corrected chi connectivity index (χ4v) is 3.45. The standard InChI is InChI=1S/C20H27NO10/c1-9-13(22)15(24)17(26)19(29-9)28-8-12-14(23)16(25)18(27)20(31-12)30-11(7-21)10-5-3-2-4-6-10/h2-6,9,11-20,22-27H,8H2,1H3. The van der Waals surface area contributed by atoms with E-state index < -0.39 is 74.1 Å². The van der Waals surface area contributed by atoms with E-state index >= 15 is 0 Å². The zero-order valence-corrected chi connectivity index (χ0v) is 16.7. The zero-order chi connectivity index (χ0) is 22.7. The van der Waals surface area contributed by atoms with Gasteiger partial charge in [-0.05, 0) is 12.5 Å². The van der Waals surface area contributed by atoms with E-state index in [1.807, 2.05) is 6.07 Å². The first-order chi connectivity index (χ1) is 14.7. The summed E-state index contributed by atoms with van der Waals surface area (Å²) in [4.78, 5) is 0. The summed E-state index contributed by atoms with van der Waals surface area (Å²) in [5.41, 5.74) is 0.509. The molecule has 0 amide bonds. The summed E-state index contributed by atoms with van der Waals surface area (Å²) in [5, 5.41) is 69.7. The summed E-state index contributed by atoms with van der Waals surface area (Å²) in [6.45, 7) is 1.07. The summed E-state index contributed by atoms with van der Waals surface area (Å²) < 4.78 is 21.8. The number of hydrogen-bond donors (Lipinski definition) is 6. The Morgan fingerprint density at radius 3 is 2.13 bits per heavy atom. The molecule has 11 heteroatoms. The quantitative estimate of drug-likeness (QED) is 0.285. The smallest absolute Gasteiger partial charge is 0.188 e. The fraction of sp³-hybridized carbons (Fsp3) is 0.650. The Labute approximate surface area is 178 Å². The van der Waals surface area contributed by atoms with Crippen LogP contribution in [0.15, 0.2) is 30.3 Å². The van der Waals surface area contributed by atoms with Crippen LogP contribution in [-0.2, 0) is 18.9 Å². The predicted octanol–water partition coefficient (Wildman–Crippen LogP) is -2.08. The molecule has 1 aromatic carbocycles. The molecule has 2 aliphatic heterocycles. The number of aliphatic hydroxyl groups excluding tert-OH is 6. The molecule has 3 rings (SSSR count). The van der Waals surface area contributed by atoms with Crippen LogP contribution in [0.1, 0.15) is 18.6 Å². The van der Waals surface area contributed by atoms with Gasteiger partial charge in [0.05, 0.1) is 18.8 Å². The molecular weight excluding hydrogens is 414 g/mol. The highest BCUT2D eigenvalue weighted by atomic mass is 16.7. The van der Waals surface area contributed by atoms with Crippen molar-refractivity contribution >= 4 is 0 Å². The van der Waals surface area contributed by atoms with Gasteiger partial charge in [0, 0.05) is 0 Å². The maximum Gasteiger partial charge on any atom is 0.188 e. The molecular formula is C20H27NO10. The van der Waals surface area contributed by atoms with Crippen LogP contribution in [0.3, 0.4) is 0 Å². The van der Waals surface area contributed by atoms with Crippen LogP contribution in [0.2, 0.25) is 0 Å². The summed E-state index contributed by atoms with van der Waals surface area (Å²) in [5.74, 6) is 0. The molecule has 172 valence electrons. The van der Waals surface area contributed by atoms with Crippen LogP contribution in [0.4, 0.5) is 0 Å². The van der Waals surface area contributed by atoms with Crippen molar-refractivity contribution in [3.8, 4) is 6.07 Å². The number of hydrogen-bond acceptors (Lipinski definition) is 11. The van der Waals surface area contributed by atoms with Gasteiger partial charge in [-0.3, -0.25) is 0 Å². The molecule has 0 aromatic heterocycles. The van der Waals surface area contributed by atoms with Crippen molar-refractivity contribution in [1.29, 1.82) is 5.26 Å². The second kappa shape index (κ2) is 10.3. The minimum absolute atomic E-state index is 0.412. The van der Waals surface area contributed by atoms with Crippen LogP contribution >= 0.6 is 0 Å². The molecule has 0 radical (unpaired) electrons. The number of rotatable bonds is 6. The lowest BCUT2D eigenvalue weighted by Crippen LogP contribution is -2.61. The van der Waals surface area contributed by atoms with Gasteiger partial charge in [0.25, 0.3) is 0 Å². The number of ether oxygens (including phenoxy) is 4. The zero-order valence-electron chi connectivity index (χ0n) is 16.7. The second-order valence-corrected chi connectivity index (χ2v) is 7.59. The second-order valence-electron chi connectivity index (χ2n) is 7.59. The molecule has 2 saturated heterocycles. The summed E-state index contributed by atoms with van der Waals surface area (Å²) in [6.07, 6.45) is -15.2. The van der Waals surface area contributed by atoms with E-state index in [9.17, 15) is 35.9 Å². The van der Waals surface area contributed by atoms with Gasteiger partial charge in [0.1, 0.15) is 42.7 Å². The van der Waals surface area contributed by atoms with Crippen molar-refractivity contribution in [2.45, 2.75) is 74.4 Å². The molecule has 11 atom stereocenters. The van der Waals surface area contributed by atoms with Gasteiger partial charge in [0.2, 0.25) is 0 Å². The summed E-state index contributed by atoms with van der Waals surface area (Å²) in [6, 6.07) is 10.4. The molecule has 6 N–H and O–H groups in total. The highest BCUT2D eigenvalue weighted by Gasteiger charge is 2.47. The molecule has 1 aromatic rings. The molecule has 11 nitrogen and oxygen atoms in total. The van der Waals surface area contributed by atoms with E-state index in [0.29, 0.717) is 5.56 Å². The third kappa shape index (κ3) is 5.21. The lowest BCUT2D eigenvalue weighted by atomic mass is 9.98. The fourth-order valence-electron chi connectivity index (χ4n) is 3.45. The Morgan fingerprint density at radius 1 is 0.871 bits per heavy atom. The monoisotopic (exact) mass is 441 g/mol. The maximum absolute atomic E-state index is 10.2. The van der Waals surface area contributed by atoms with Crippen molar-refractivity contribution in [2.24, 2.45) is 0 Å². The van der Waals surface area contributed by atoms with Gasteiger partial charge < -0.3 is 49.6 Å². The molecule has 2 heterocycles. The number of benzene rings is 1. The lowest BCUT2D eigenvalue weighted by Gasteiger charge is -2.42. The van der Waals surface area contributed by atoms with Crippen molar-refractivity contribution in [3.05, 3.63) is 35.9 Å². The average Bonchev–Trinajstić information content (AvgIpc) is 2.78. The number of nitrogens with zero attached hydrogens (tertiary/aromatic N) is 1. The molecule has 0 bridgehead atoms. The van der Waals surface area contributed by atoms with Gasteiger partial charge in [-0.25, -0.2) is 0 Å². The first-order valence-electron chi connectivity index (χ1n) is 9.85. The topological polar surface area (TPSA) is 182 Å². The Kier molecular flexibility index (Phi) is 7.95. The third-order valence-electron chi connectivity index (χ3n) is 5.39. The van der Waals surface area contributed by atoms with Gasteiger partial charge >= 0.3 is 0 Å². The molecule has 0 saturated carbocycles. The van der Waals surface area contributed by atoms with Crippen LogP contribution in [0.5, 0.6) is 0 Å². The van der Waals surface area contributed by atoms with Gasteiger partial charge in [0.15, 0.2) is 18.7 Å². The molecule has 2 fully saturated rings. The number of aliphatic hydroxyl groups is 6. The van der Waals surface area contributed by atoms with Crippen molar-refractivity contribution in [1.82, 2.24) is 0 Å². The molecule has 31 heavy (non-hydrogen) atoms. The Bertz CT molecular complexity index is 745. The molecule has 0 spiro atoms. The van der Waals surface area contributed by atoms with E-state index in [-0.39, 0.29) is 0 Å². The van der Waals surface area contributed by atoms with Gasteiger partial charge in [-0.1, -0.05) is 30.3 Å². The van der Waals surface area contributed by atoms with Crippen molar-refractivity contribution in [3.63, 3.8) is 0 Å². The van der Waals surface area contributed by atoms with E-state index in [2.05, 4.69) is 0 Å². The van der Waals surface area contributed by atoms with Crippen LogP contribution in [0, 0.1) is 11.3 Å². The highest BCUT2D eigenvalue weighted by molar-refractivity contribution is 5.22. The Balaban J connectivity index is 1.65. The summed E-state index contributed by atoms with van der Waals surface area (Å²) in [7, 11) is 0. The SMILES string of the molecule is CC1OC(OCC2OC(OC(C#N)c3ccccc3)C(O)C(O)C2O)C(O)C(O)C1O. The van der Waals surface area contributed by atoms with Crippen molar-refractivity contribution < 1.29 is 49.6 Å². The molecule has 2 aliphatic rings. The van der Waals surface area contributed by atoms with E-state index in [4.69, 9.17) is 18.9 Å². The van der Waals surface area contributed by atoms with Gasteiger partial charge in [-0.15, -0.1) is 0 Å². The first kappa shape index (κ1) is 24.0. The third-order valence-corrected chi connectivity index (χ3v) is 5.39. The normalized spacial score (nSPS) is 42.0. The minimum Gasteiger partial charge on any atom is -0.388 e. The Hall–Kier alpha value is -1.69. The molecule has 0 aliphatic carbocycles. The summed E-state index contributed by atoms with van der Waals surface area (Å²) >= 11 is 0. The van der Waals surface area contributed by atoms with Crippen LogP contribution < -0.4 is 0 Å². The first-order valence-corrected chi connectivity index (χ1v) is 9.85. The predicted molar refractivity (Wildman–Crippen MR) is 101 cm³/mol. The van der Waals surface area contributed by atoms with Crippen LogP contribution in [-0.4, -0.2) is 98.7 Å². The minimum atomic E-state index is -1.66. The highest BCUT2D eigenvalue weighted by Crippen LogP contribution is 2.28. The largest absolute Gasteiger partial charge is 0.388 e. The maximum atomic E-state index is 10.2. The molecule has 11 unspecified atom stereocenters. The van der Waals surface area contributed by atoms with E-state index in [0.717, 1.165) is 0 Å². The lowest BCUT2D eigenvalue weighted by molar-refractivity contribution is -0.331. The van der Waals surface area contributed by atoms with Gasteiger partial charge in [-0.2, -0.15) is 5.26 Å². The van der Waals surface area contributed by atoms with Crippen molar-refractivity contribution in [2.75, 3.05) is 6.61 Å². The van der Waals surface area contributed by atoms with E-state index in [1.165, 1.54) is 6.92 Å². The average molecular weight is 441 g/mol. The van der Waals surface area contributed by atoms with E-state index in [1.54, 1.807) is 30.3 Å².